The van der Waals surface area contributed by atoms with E-state index in [0.717, 1.165) is 0 Å². The van der Waals surface area contributed by atoms with Crippen molar-refractivity contribution in [1.29, 1.82) is 0 Å². The summed E-state index contributed by atoms with van der Waals surface area (Å²) in [6.07, 6.45) is 0.226. The van der Waals surface area contributed by atoms with Gasteiger partial charge in [-0.1, -0.05) is 6.92 Å². The Bertz CT molecular complexity index is 416. The Hall–Kier alpha value is -1.79. The van der Waals surface area contributed by atoms with Crippen molar-refractivity contribution in [1.82, 2.24) is 5.43 Å². The molecule has 6 N–H and O–H groups in total. The molecular weight excluding hydrogens is 224 g/mol. The average Bonchev–Trinajstić information content (AvgIpc) is 2.30. The van der Waals surface area contributed by atoms with Gasteiger partial charge in [-0.15, -0.1) is 0 Å². The number of hydrogen-bond donors (Lipinski definition) is 5. The number of nitrogens with one attached hydrogen (secondary N) is 1. The van der Waals surface area contributed by atoms with Crippen molar-refractivity contribution in [3.63, 3.8) is 0 Å². The third-order valence-corrected chi connectivity index (χ3v) is 2.84. The molecule has 0 aliphatic heterocycles. The number of carboxylic acids is 1. The van der Waals surface area contributed by atoms with E-state index in [2.05, 4.69) is 5.43 Å². The molecule has 6 nitrogen and oxygen atoms in total. The predicted molar refractivity (Wildman–Crippen MR) is 61.5 cm³/mol. The van der Waals surface area contributed by atoms with Crippen LogP contribution in [0, 0.1) is 0 Å². The molecule has 17 heavy (non-hydrogen) atoms. The molecule has 0 aliphatic carbocycles. The maximum atomic E-state index is 11.2. The van der Waals surface area contributed by atoms with E-state index in [9.17, 15) is 15.0 Å². The van der Waals surface area contributed by atoms with Crippen LogP contribution in [0.1, 0.15) is 18.9 Å². The molecule has 0 radical (unpaired) electrons. The van der Waals surface area contributed by atoms with Gasteiger partial charge in [0.05, 0.1) is 0 Å². The molecule has 1 aromatic rings. The predicted octanol–water partition coefficient (Wildman–Crippen LogP) is 0.337. The summed E-state index contributed by atoms with van der Waals surface area (Å²) in [6, 6.07) is 3.95. The van der Waals surface area contributed by atoms with E-state index in [0.29, 0.717) is 5.56 Å². The zero-order valence-corrected chi connectivity index (χ0v) is 9.47. The zero-order valence-electron chi connectivity index (χ0n) is 9.47. The smallest absolute Gasteiger partial charge is 0.325 e. The largest absolute Gasteiger partial charge is 0.508 e. The van der Waals surface area contributed by atoms with Crippen molar-refractivity contribution in [3.05, 3.63) is 23.8 Å². The highest BCUT2D eigenvalue weighted by Crippen LogP contribution is 2.27. The summed E-state index contributed by atoms with van der Waals surface area (Å²) in [5.41, 5.74) is 1.24. The number of aromatic hydroxyl groups is 2. The average molecular weight is 240 g/mol. The highest BCUT2D eigenvalue weighted by Gasteiger charge is 2.36. The van der Waals surface area contributed by atoms with Gasteiger partial charge in [0, 0.05) is 6.42 Å². The minimum Gasteiger partial charge on any atom is -0.508 e. The van der Waals surface area contributed by atoms with Gasteiger partial charge in [0.2, 0.25) is 0 Å². The molecular formula is C11H16N2O4. The number of phenolic OH excluding ortho intramolecular Hbond substituents is 2. The van der Waals surface area contributed by atoms with Gasteiger partial charge in [0.1, 0.15) is 17.0 Å². The third kappa shape index (κ3) is 2.66. The van der Waals surface area contributed by atoms with E-state index < -0.39 is 11.5 Å². The Morgan fingerprint density at radius 2 is 2.12 bits per heavy atom. The number of nitrogens with two attached hydrogens (primary N) is 1. The lowest BCUT2D eigenvalue weighted by molar-refractivity contribution is -0.145. The van der Waals surface area contributed by atoms with Gasteiger partial charge >= 0.3 is 5.97 Å². The number of aliphatic carboxylic acids is 1. The molecule has 0 aliphatic rings. The molecule has 94 valence electrons. The number of benzene rings is 1. The SMILES string of the molecule is CCC(Cc1cc(O)ccc1O)(NN)C(=O)O. The molecule has 6 heteroatoms. The van der Waals surface area contributed by atoms with Crippen LogP contribution in [0.5, 0.6) is 11.5 Å². The molecule has 1 rings (SSSR count). The number of hydrazine groups is 1. The van der Waals surface area contributed by atoms with Crippen molar-refractivity contribution < 1.29 is 20.1 Å². The summed E-state index contributed by atoms with van der Waals surface area (Å²) in [6.45, 7) is 1.67. The van der Waals surface area contributed by atoms with Gasteiger partial charge in [0.15, 0.2) is 0 Å². The molecule has 0 spiro atoms. The first-order valence-electron chi connectivity index (χ1n) is 5.17. The summed E-state index contributed by atoms with van der Waals surface area (Å²) in [5, 5.41) is 28.1. The standard InChI is InChI=1S/C11H16N2O4/c1-2-11(13-12,10(16)17)6-7-5-8(14)3-4-9(7)15/h3-5,13-15H,2,6,12H2,1H3,(H,16,17). The number of phenols is 2. The van der Waals surface area contributed by atoms with Crippen LogP contribution in [0.4, 0.5) is 0 Å². The molecule has 0 fully saturated rings. The maximum absolute atomic E-state index is 11.2. The first kappa shape index (κ1) is 13.3. The molecule has 0 heterocycles. The fourth-order valence-electron chi connectivity index (χ4n) is 1.61. The van der Waals surface area contributed by atoms with Crippen LogP contribution in [-0.2, 0) is 11.2 Å². The van der Waals surface area contributed by atoms with Gasteiger partial charge < -0.3 is 15.3 Å². The maximum Gasteiger partial charge on any atom is 0.325 e. The van der Waals surface area contributed by atoms with E-state index in [1.54, 1.807) is 6.92 Å². The Labute approximate surface area is 98.7 Å². The molecule has 0 bridgehead atoms. The Morgan fingerprint density at radius 3 is 2.59 bits per heavy atom. The van der Waals surface area contributed by atoms with Gasteiger partial charge in [-0.25, -0.2) is 5.43 Å². The molecule has 0 saturated carbocycles. The minimum atomic E-state index is -1.36. The highest BCUT2D eigenvalue weighted by molar-refractivity contribution is 5.79. The number of carbonyl (C=O) groups is 1. The summed E-state index contributed by atoms with van der Waals surface area (Å²) < 4.78 is 0. The van der Waals surface area contributed by atoms with Crippen LogP contribution in [0.15, 0.2) is 18.2 Å². The van der Waals surface area contributed by atoms with E-state index in [-0.39, 0.29) is 24.3 Å². The lowest BCUT2D eigenvalue weighted by Crippen LogP contribution is -2.56. The first-order valence-corrected chi connectivity index (χ1v) is 5.17. The zero-order chi connectivity index (χ0) is 13.1. The number of carboxylic acid groups (broad SMARTS) is 1. The van der Waals surface area contributed by atoms with Gasteiger partial charge in [0.25, 0.3) is 0 Å². The van der Waals surface area contributed by atoms with Gasteiger partial charge in [-0.05, 0) is 30.2 Å². The van der Waals surface area contributed by atoms with Crippen LogP contribution in [0.3, 0.4) is 0 Å². The monoisotopic (exact) mass is 240 g/mol. The van der Waals surface area contributed by atoms with Crippen molar-refractivity contribution in [2.75, 3.05) is 0 Å². The quantitative estimate of drug-likeness (QED) is 0.288. The second kappa shape index (κ2) is 5.03. The van der Waals surface area contributed by atoms with E-state index >= 15 is 0 Å². The Morgan fingerprint density at radius 1 is 1.47 bits per heavy atom. The van der Waals surface area contributed by atoms with Crippen LogP contribution in [0.2, 0.25) is 0 Å². The van der Waals surface area contributed by atoms with Crippen LogP contribution in [0.25, 0.3) is 0 Å². The number of rotatable bonds is 5. The van der Waals surface area contributed by atoms with E-state index in [4.69, 9.17) is 10.9 Å². The summed E-state index contributed by atoms with van der Waals surface area (Å²) in [4.78, 5) is 11.2. The second-order valence-electron chi connectivity index (χ2n) is 3.87. The fourth-order valence-corrected chi connectivity index (χ4v) is 1.61. The molecule has 1 atom stereocenters. The first-order chi connectivity index (χ1) is 7.95. The second-order valence-corrected chi connectivity index (χ2v) is 3.87. The summed E-state index contributed by atoms with van der Waals surface area (Å²) >= 11 is 0. The van der Waals surface area contributed by atoms with Crippen molar-refractivity contribution >= 4 is 5.97 Å². The molecule has 0 saturated heterocycles. The van der Waals surface area contributed by atoms with Gasteiger partial charge in [-0.2, -0.15) is 0 Å². The number of hydrogen-bond acceptors (Lipinski definition) is 5. The van der Waals surface area contributed by atoms with E-state index in [1.807, 2.05) is 0 Å². The lowest BCUT2D eigenvalue weighted by atomic mass is 9.88. The van der Waals surface area contributed by atoms with Crippen molar-refractivity contribution in [2.24, 2.45) is 5.84 Å². The summed E-state index contributed by atoms with van der Waals surface area (Å²) in [7, 11) is 0. The third-order valence-electron chi connectivity index (χ3n) is 2.84. The molecule has 0 amide bonds. The Kier molecular flexibility index (Phi) is 3.93. The van der Waals surface area contributed by atoms with E-state index in [1.165, 1.54) is 18.2 Å². The highest BCUT2D eigenvalue weighted by atomic mass is 16.4. The van der Waals surface area contributed by atoms with Crippen LogP contribution >= 0.6 is 0 Å². The lowest BCUT2D eigenvalue weighted by Gasteiger charge is -2.27. The van der Waals surface area contributed by atoms with Crippen LogP contribution in [-0.4, -0.2) is 26.8 Å². The minimum absolute atomic E-state index is 0.0183. The normalized spacial score (nSPS) is 14.2. The summed E-state index contributed by atoms with van der Waals surface area (Å²) in [5.74, 6) is 4.07. The Balaban J connectivity index is 3.09. The van der Waals surface area contributed by atoms with Crippen molar-refractivity contribution in [2.45, 2.75) is 25.3 Å². The van der Waals surface area contributed by atoms with Crippen molar-refractivity contribution in [3.8, 4) is 11.5 Å². The van der Waals surface area contributed by atoms with Gasteiger partial charge in [-0.3, -0.25) is 10.6 Å². The molecule has 1 unspecified atom stereocenters. The van der Waals surface area contributed by atoms with Crippen LogP contribution < -0.4 is 11.3 Å². The molecule has 0 aromatic heterocycles. The fraction of sp³-hybridized carbons (Fsp3) is 0.364. The topological polar surface area (TPSA) is 116 Å². The molecule has 1 aromatic carbocycles.